The molecule has 1 aromatic heterocycles. The summed E-state index contributed by atoms with van der Waals surface area (Å²) in [5.74, 6) is 0.823. The van der Waals surface area contributed by atoms with E-state index >= 15 is 0 Å². The first kappa shape index (κ1) is 13.6. The van der Waals surface area contributed by atoms with Crippen molar-refractivity contribution in [1.82, 2.24) is 9.78 Å². The van der Waals surface area contributed by atoms with Gasteiger partial charge in [0, 0.05) is 18.4 Å². The van der Waals surface area contributed by atoms with E-state index in [4.69, 9.17) is 9.47 Å². The molecule has 0 radical (unpaired) electrons. The van der Waals surface area contributed by atoms with Gasteiger partial charge in [-0.2, -0.15) is 5.10 Å². The molecular weight excluding hydrogens is 320 g/mol. The van der Waals surface area contributed by atoms with Crippen LogP contribution in [0.15, 0.2) is 35.1 Å². The van der Waals surface area contributed by atoms with Crippen LogP contribution in [-0.2, 0) is 4.74 Å². The molecule has 0 saturated carbocycles. The van der Waals surface area contributed by atoms with E-state index in [1.807, 2.05) is 29.2 Å². The molecule has 1 saturated heterocycles. The fraction of sp³-hybridized carbons (Fsp3) is 0.400. The SMILES string of the molecule is COc1cc(-c2cnn(C3CCCCO3)c2)ccc1Br. The second-order valence-corrected chi connectivity index (χ2v) is 5.73. The summed E-state index contributed by atoms with van der Waals surface area (Å²) in [7, 11) is 1.67. The van der Waals surface area contributed by atoms with Crippen LogP contribution in [0.5, 0.6) is 5.75 Å². The van der Waals surface area contributed by atoms with Gasteiger partial charge >= 0.3 is 0 Å². The maximum absolute atomic E-state index is 5.75. The van der Waals surface area contributed by atoms with Crippen LogP contribution in [0.1, 0.15) is 25.5 Å². The number of hydrogen-bond donors (Lipinski definition) is 0. The van der Waals surface area contributed by atoms with E-state index in [1.165, 1.54) is 6.42 Å². The van der Waals surface area contributed by atoms with E-state index < -0.39 is 0 Å². The standard InChI is InChI=1S/C15H17BrN2O2/c1-19-14-8-11(5-6-13(14)16)12-9-17-18(10-12)15-4-2-3-7-20-15/h5-6,8-10,15H,2-4,7H2,1H3. The molecule has 2 aromatic rings. The average Bonchev–Trinajstić information content (AvgIpc) is 2.98. The minimum atomic E-state index is 0.0786. The van der Waals surface area contributed by atoms with Crippen molar-refractivity contribution in [3.05, 3.63) is 35.1 Å². The Hall–Kier alpha value is -1.33. The lowest BCUT2D eigenvalue weighted by molar-refractivity contribution is -0.0394. The summed E-state index contributed by atoms with van der Waals surface area (Å²) in [5, 5.41) is 4.43. The number of nitrogens with zero attached hydrogens (tertiary/aromatic N) is 2. The van der Waals surface area contributed by atoms with Gasteiger partial charge in [-0.25, -0.2) is 4.68 Å². The average molecular weight is 337 g/mol. The molecule has 1 unspecified atom stereocenters. The van der Waals surface area contributed by atoms with Crippen molar-refractivity contribution >= 4 is 15.9 Å². The smallest absolute Gasteiger partial charge is 0.150 e. The zero-order valence-corrected chi connectivity index (χ0v) is 13.0. The summed E-state index contributed by atoms with van der Waals surface area (Å²) < 4.78 is 13.9. The molecule has 0 amide bonds. The maximum Gasteiger partial charge on any atom is 0.150 e. The highest BCUT2D eigenvalue weighted by Gasteiger charge is 2.17. The van der Waals surface area contributed by atoms with E-state index in [-0.39, 0.29) is 6.23 Å². The molecule has 0 spiro atoms. The van der Waals surface area contributed by atoms with Gasteiger partial charge in [0.2, 0.25) is 0 Å². The fourth-order valence-corrected chi connectivity index (χ4v) is 2.82. The van der Waals surface area contributed by atoms with Crippen LogP contribution in [-0.4, -0.2) is 23.5 Å². The minimum Gasteiger partial charge on any atom is -0.496 e. The predicted molar refractivity (Wildman–Crippen MR) is 80.8 cm³/mol. The van der Waals surface area contributed by atoms with Crippen LogP contribution in [0.2, 0.25) is 0 Å². The number of benzene rings is 1. The first-order chi connectivity index (χ1) is 9.78. The molecule has 0 bridgehead atoms. The molecule has 4 nitrogen and oxygen atoms in total. The van der Waals surface area contributed by atoms with Crippen molar-refractivity contribution in [2.75, 3.05) is 13.7 Å². The number of rotatable bonds is 3. The lowest BCUT2D eigenvalue weighted by atomic mass is 10.1. The molecule has 20 heavy (non-hydrogen) atoms. The summed E-state index contributed by atoms with van der Waals surface area (Å²) >= 11 is 3.47. The first-order valence-corrected chi connectivity index (χ1v) is 7.57. The van der Waals surface area contributed by atoms with Gasteiger partial charge < -0.3 is 9.47 Å². The van der Waals surface area contributed by atoms with Crippen LogP contribution in [0.3, 0.4) is 0 Å². The zero-order chi connectivity index (χ0) is 13.9. The number of methoxy groups -OCH3 is 1. The van der Waals surface area contributed by atoms with E-state index in [2.05, 4.69) is 27.1 Å². The normalized spacial score (nSPS) is 19.0. The highest BCUT2D eigenvalue weighted by atomic mass is 79.9. The first-order valence-electron chi connectivity index (χ1n) is 6.77. The van der Waals surface area contributed by atoms with Gasteiger partial charge in [-0.05, 0) is 52.9 Å². The highest BCUT2D eigenvalue weighted by molar-refractivity contribution is 9.10. The van der Waals surface area contributed by atoms with Gasteiger partial charge in [-0.1, -0.05) is 6.07 Å². The van der Waals surface area contributed by atoms with Crippen molar-refractivity contribution < 1.29 is 9.47 Å². The topological polar surface area (TPSA) is 36.3 Å². The number of halogens is 1. The van der Waals surface area contributed by atoms with Crippen LogP contribution in [0, 0.1) is 0 Å². The van der Waals surface area contributed by atoms with Crippen LogP contribution in [0.4, 0.5) is 0 Å². The Morgan fingerprint density at radius 1 is 1.35 bits per heavy atom. The van der Waals surface area contributed by atoms with Crippen molar-refractivity contribution in [2.24, 2.45) is 0 Å². The lowest BCUT2D eigenvalue weighted by Gasteiger charge is -2.22. The Balaban J connectivity index is 1.85. The molecule has 1 aliphatic heterocycles. The molecule has 5 heteroatoms. The van der Waals surface area contributed by atoms with Gasteiger partial charge in [0.25, 0.3) is 0 Å². The second kappa shape index (κ2) is 5.97. The van der Waals surface area contributed by atoms with Crippen molar-refractivity contribution in [2.45, 2.75) is 25.5 Å². The molecule has 3 rings (SSSR count). The molecule has 106 valence electrons. The van der Waals surface area contributed by atoms with Crippen LogP contribution in [0.25, 0.3) is 11.1 Å². The van der Waals surface area contributed by atoms with Crippen LogP contribution < -0.4 is 4.74 Å². The Bertz CT molecular complexity index is 591. The van der Waals surface area contributed by atoms with Crippen molar-refractivity contribution in [3.8, 4) is 16.9 Å². The lowest BCUT2D eigenvalue weighted by Crippen LogP contribution is -2.18. The van der Waals surface area contributed by atoms with E-state index in [0.29, 0.717) is 0 Å². The van der Waals surface area contributed by atoms with Crippen molar-refractivity contribution in [1.29, 1.82) is 0 Å². The Kier molecular flexibility index (Phi) is 4.08. The van der Waals surface area contributed by atoms with E-state index in [1.54, 1.807) is 7.11 Å². The third kappa shape index (κ3) is 2.74. The summed E-state index contributed by atoms with van der Waals surface area (Å²) in [6.07, 6.45) is 7.37. The third-order valence-corrected chi connectivity index (χ3v) is 4.19. The summed E-state index contributed by atoms with van der Waals surface area (Å²) in [5.41, 5.74) is 2.16. The predicted octanol–water partition coefficient (Wildman–Crippen LogP) is 4.02. The summed E-state index contributed by atoms with van der Waals surface area (Å²) in [6, 6.07) is 6.05. The molecule has 1 aromatic carbocycles. The van der Waals surface area contributed by atoms with Gasteiger partial charge in [0.15, 0.2) is 0 Å². The number of hydrogen-bond acceptors (Lipinski definition) is 3. The molecule has 1 aliphatic rings. The van der Waals surface area contributed by atoms with Gasteiger partial charge in [-0.15, -0.1) is 0 Å². The van der Waals surface area contributed by atoms with Crippen molar-refractivity contribution in [3.63, 3.8) is 0 Å². The molecule has 0 N–H and O–H groups in total. The van der Waals surface area contributed by atoms with E-state index in [9.17, 15) is 0 Å². The van der Waals surface area contributed by atoms with Gasteiger partial charge in [0.1, 0.15) is 12.0 Å². The van der Waals surface area contributed by atoms with Gasteiger partial charge in [0.05, 0.1) is 17.8 Å². The van der Waals surface area contributed by atoms with Crippen LogP contribution >= 0.6 is 15.9 Å². The second-order valence-electron chi connectivity index (χ2n) is 4.88. The molecule has 1 atom stereocenters. The quantitative estimate of drug-likeness (QED) is 0.849. The van der Waals surface area contributed by atoms with Gasteiger partial charge in [-0.3, -0.25) is 0 Å². The highest BCUT2D eigenvalue weighted by Crippen LogP contribution is 2.31. The Morgan fingerprint density at radius 3 is 3.00 bits per heavy atom. The largest absolute Gasteiger partial charge is 0.496 e. The monoisotopic (exact) mass is 336 g/mol. The zero-order valence-electron chi connectivity index (χ0n) is 11.4. The molecular formula is C15H17BrN2O2. The third-order valence-electron chi connectivity index (χ3n) is 3.54. The molecule has 1 fully saturated rings. The summed E-state index contributed by atoms with van der Waals surface area (Å²) in [6.45, 7) is 0.825. The molecule has 2 heterocycles. The minimum absolute atomic E-state index is 0.0786. The fourth-order valence-electron chi connectivity index (χ4n) is 2.42. The number of ether oxygens (including phenoxy) is 2. The maximum atomic E-state index is 5.75. The van der Waals surface area contributed by atoms with E-state index in [0.717, 1.165) is 40.8 Å². The number of aromatic nitrogens is 2. The summed E-state index contributed by atoms with van der Waals surface area (Å²) in [4.78, 5) is 0. The Morgan fingerprint density at radius 2 is 2.25 bits per heavy atom. The Labute approximate surface area is 126 Å². The molecule has 0 aliphatic carbocycles.